The van der Waals surface area contributed by atoms with Crippen LogP contribution in [0, 0.1) is 17.0 Å². The van der Waals surface area contributed by atoms with E-state index in [9.17, 15) is 14.9 Å². The lowest BCUT2D eigenvalue weighted by Gasteiger charge is -2.10. The number of aromatic nitrogens is 1. The van der Waals surface area contributed by atoms with E-state index in [0.717, 1.165) is 16.7 Å². The minimum absolute atomic E-state index is 0.0221. The Morgan fingerprint density at radius 1 is 1.14 bits per heavy atom. The first-order valence-corrected chi connectivity index (χ1v) is 8.61. The molecule has 0 aliphatic heterocycles. The van der Waals surface area contributed by atoms with Crippen molar-refractivity contribution in [3.63, 3.8) is 0 Å². The molecular weight excluding hydrogens is 358 g/mol. The molecule has 1 heterocycles. The van der Waals surface area contributed by atoms with Crippen LogP contribution in [0.25, 0.3) is 11.1 Å². The predicted octanol–water partition coefficient (Wildman–Crippen LogP) is 4.36. The van der Waals surface area contributed by atoms with Gasteiger partial charge in [0.1, 0.15) is 0 Å². The number of nitro groups is 1. The molecule has 7 nitrogen and oxygen atoms in total. The highest BCUT2D eigenvalue weighted by Crippen LogP contribution is 2.27. The summed E-state index contributed by atoms with van der Waals surface area (Å²) in [6, 6.07) is 16.4. The third-order valence-corrected chi connectivity index (χ3v) is 4.37. The summed E-state index contributed by atoms with van der Waals surface area (Å²) in [5.41, 5.74) is 3.62. The van der Waals surface area contributed by atoms with Crippen molar-refractivity contribution < 1.29 is 14.5 Å². The SMILES string of the molecule is COC(=O)c1ccccc1-c1ccc(CNc2nccc(C)c2[N+](=O)[O-])cc1. The number of rotatable bonds is 6. The number of benzene rings is 2. The van der Waals surface area contributed by atoms with Gasteiger partial charge in [-0.25, -0.2) is 9.78 Å². The summed E-state index contributed by atoms with van der Waals surface area (Å²) in [6.45, 7) is 2.06. The number of carbonyl (C=O) groups is 1. The van der Waals surface area contributed by atoms with E-state index in [-0.39, 0.29) is 17.5 Å². The van der Waals surface area contributed by atoms with Crippen molar-refractivity contribution in [2.75, 3.05) is 12.4 Å². The van der Waals surface area contributed by atoms with Gasteiger partial charge in [-0.2, -0.15) is 0 Å². The van der Waals surface area contributed by atoms with Crippen LogP contribution in [-0.4, -0.2) is 23.0 Å². The first-order chi connectivity index (χ1) is 13.5. The van der Waals surface area contributed by atoms with E-state index in [1.807, 2.05) is 36.4 Å². The number of nitrogens with zero attached hydrogens (tertiary/aromatic N) is 2. The Morgan fingerprint density at radius 3 is 2.54 bits per heavy atom. The van der Waals surface area contributed by atoms with Gasteiger partial charge in [0.05, 0.1) is 17.6 Å². The normalized spacial score (nSPS) is 10.4. The Kier molecular flexibility index (Phi) is 5.64. The van der Waals surface area contributed by atoms with Crippen molar-refractivity contribution in [3.05, 3.63) is 87.6 Å². The molecule has 0 saturated heterocycles. The van der Waals surface area contributed by atoms with Crippen LogP contribution in [0.2, 0.25) is 0 Å². The molecule has 0 saturated carbocycles. The molecule has 0 fully saturated rings. The van der Waals surface area contributed by atoms with Crippen molar-refractivity contribution in [1.82, 2.24) is 4.98 Å². The van der Waals surface area contributed by atoms with Gasteiger partial charge in [0.25, 0.3) is 0 Å². The number of esters is 1. The molecule has 28 heavy (non-hydrogen) atoms. The van der Waals surface area contributed by atoms with Gasteiger partial charge in [0.15, 0.2) is 0 Å². The maximum Gasteiger partial charge on any atom is 0.338 e. The number of aryl methyl sites for hydroxylation is 1. The van der Waals surface area contributed by atoms with Crippen molar-refractivity contribution >= 4 is 17.5 Å². The first kappa shape index (κ1) is 19.0. The third-order valence-electron chi connectivity index (χ3n) is 4.37. The summed E-state index contributed by atoms with van der Waals surface area (Å²) < 4.78 is 4.84. The molecule has 0 aliphatic rings. The largest absolute Gasteiger partial charge is 0.465 e. The summed E-state index contributed by atoms with van der Waals surface area (Å²) in [7, 11) is 1.35. The molecule has 2 aromatic carbocycles. The third kappa shape index (κ3) is 3.98. The Balaban J connectivity index is 1.79. The molecule has 1 N–H and O–H groups in total. The molecule has 0 atom stereocenters. The number of ether oxygens (including phenoxy) is 1. The summed E-state index contributed by atoms with van der Waals surface area (Å²) in [4.78, 5) is 26.9. The average molecular weight is 377 g/mol. The molecular formula is C21H19N3O4. The van der Waals surface area contributed by atoms with E-state index in [1.165, 1.54) is 13.3 Å². The molecule has 0 spiro atoms. The number of methoxy groups -OCH3 is 1. The predicted molar refractivity (Wildman–Crippen MR) is 106 cm³/mol. The van der Waals surface area contributed by atoms with Crippen molar-refractivity contribution in [1.29, 1.82) is 0 Å². The number of anilines is 1. The highest BCUT2D eigenvalue weighted by atomic mass is 16.6. The van der Waals surface area contributed by atoms with Gasteiger partial charge in [-0.05, 0) is 35.7 Å². The summed E-state index contributed by atoms with van der Waals surface area (Å²) in [5, 5.41) is 14.3. The Hall–Kier alpha value is -3.74. The zero-order chi connectivity index (χ0) is 20.1. The second kappa shape index (κ2) is 8.30. The summed E-state index contributed by atoms with van der Waals surface area (Å²) in [5.74, 6) is -0.149. The highest BCUT2D eigenvalue weighted by Gasteiger charge is 2.18. The average Bonchev–Trinajstić information content (AvgIpc) is 2.71. The van der Waals surface area contributed by atoms with Crippen molar-refractivity contribution in [2.24, 2.45) is 0 Å². The zero-order valence-electron chi connectivity index (χ0n) is 15.5. The minimum Gasteiger partial charge on any atom is -0.465 e. The highest BCUT2D eigenvalue weighted by molar-refractivity contribution is 5.97. The fourth-order valence-electron chi connectivity index (χ4n) is 2.92. The summed E-state index contributed by atoms with van der Waals surface area (Å²) >= 11 is 0. The van der Waals surface area contributed by atoms with Gasteiger partial charge in [-0.3, -0.25) is 10.1 Å². The van der Waals surface area contributed by atoms with E-state index < -0.39 is 4.92 Å². The second-order valence-electron chi connectivity index (χ2n) is 6.17. The molecule has 0 radical (unpaired) electrons. The Labute approximate surface area is 162 Å². The molecule has 1 aromatic heterocycles. The number of hydrogen-bond donors (Lipinski definition) is 1. The van der Waals surface area contributed by atoms with Crippen LogP contribution in [-0.2, 0) is 11.3 Å². The van der Waals surface area contributed by atoms with Crippen LogP contribution in [0.5, 0.6) is 0 Å². The number of carbonyl (C=O) groups excluding carboxylic acids is 1. The fraction of sp³-hybridized carbons (Fsp3) is 0.143. The quantitative estimate of drug-likeness (QED) is 0.389. The molecule has 0 aliphatic carbocycles. The lowest BCUT2D eigenvalue weighted by atomic mass is 9.98. The van der Waals surface area contributed by atoms with Gasteiger partial charge in [-0.1, -0.05) is 42.5 Å². The monoisotopic (exact) mass is 377 g/mol. The zero-order valence-corrected chi connectivity index (χ0v) is 15.5. The number of pyridine rings is 1. The van der Waals surface area contributed by atoms with Crippen LogP contribution in [0.1, 0.15) is 21.5 Å². The lowest BCUT2D eigenvalue weighted by molar-refractivity contribution is -0.384. The minimum atomic E-state index is -0.433. The van der Waals surface area contributed by atoms with Crippen molar-refractivity contribution in [3.8, 4) is 11.1 Å². The Morgan fingerprint density at radius 2 is 1.86 bits per heavy atom. The molecule has 3 rings (SSSR count). The maximum atomic E-state index is 12.0. The fourth-order valence-corrected chi connectivity index (χ4v) is 2.92. The smallest absolute Gasteiger partial charge is 0.338 e. The van der Waals surface area contributed by atoms with E-state index in [2.05, 4.69) is 10.3 Å². The van der Waals surface area contributed by atoms with E-state index in [0.29, 0.717) is 17.7 Å². The van der Waals surface area contributed by atoms with Crippen LogP contribution >= 0.6 is 0 Å². The molecule has 142 valence electrons. The van der Waals surface area contributed by atoms with Gasteiger partial charge in [0.2, 0.25) is 5.82 Å². The maximum absolute atomic E-state index is 12.0. The second-order valence-corrected chi connectivity index (χ2v) is 6.17. The lowest BCUT2D eigenvalue weighted by Crippen LogP contribution is -2.06. The van der Waals surface area contributed by atoms with E-state index in [4.69, 9.17) is 4.74 Å². The van der Waals surface area contributed by atoms with Crippen molar-refractivity contribution in [2.45, 2.75) is 13.5 Å². The van der Waals surface area contributed by atoms with E-state index >= 15 is 0 Å². The molecule has 7 heteroatoms. The number of nitrogens with one attached hydrogen (secondary N) is 1. The van der Waals surface area contributed by atoms with Gasteiger partial charge < -0.3 is 10.1 Å². The molecule has 0 unspecified atom stereocenters. The summed E-state index contributed by atoms with van der Waals surface area (Å²) in [6.07, 6.45) is 1.54. The molecule has 3 aromatic rings. The van der Waals surface area contributed by atoms with Gasteiger partial charge in [0, 0.05) is 18.3 Å². The number of hydrogen-bond acceptors (Lipinski definition) is 6. The van der Waals surface area contributed by atoms with Gasteiger partial charge in [-0.15, -0.1) is 0 Å². The topological polar surface area (TPSA) is 94.4 Å². The Bertz CT molecular complexity index is 1020. The van der Waals surface area contributed by atoms with Crippen LogP contribution in [0.3, 0.4) is 0 Å². The van der Waals surface area contributed by atoms with E-state index in [1.54, 1.807) is 25.1 Å². The van der Waals surface area contributed by atoms with Crippen LogP contribution < -0.4 is 5.32 Å². The molecule has 0 bridgehead atoms. The standard InChI is InChI=1S/C21H19N3O4/c1-14-11-12-22-20(19(14)24(26)27)23-13-15-7-9-16(10-8-15)17-5-3-4-6-18(17)21(25)28-2/h3-12H,13H2,1-2H3,(H,22,23). The van der Waals surface area contributed by atoms with Gasteiger partial charge >= 0.3 is 11.7 Å². The first-order valence-electron chi connectivity index (χ1n) is 8.61. The van der Waals surface area contributed by atoms with Crippen LogP contribution in [0.4, 0.5) is 11.5 Å². The van der Waals surface area contributed by atoms with Crippen LogP contribution in [0.15, 0.2) is 60.8 Å². The molecule has 0 amide bonds.